The van der Waals surface area contributed by atoms with Crippen LogP contribution in [0.3, 0.4) is 0 Å². The molecule has 1 aliphatic rings. The van der Waals surface area contributed by atoms with E-state index in [-0.39, 0.29) is 24.4 Å². The number of carbonyl (C=O) groups excluding carboxylic acids is 1. The molecule has 0 saturated heterocycles. The number of nitrogens with one attached hydrogen (secondary N) is 2. The van der Waals surface area contributed by atoms with Crippen LogP contribution in [0.25, 0.3) is 0 Å². The molecule has 0 aromatic heterocycles. The second-order valence-corrected chi connectivity index (χ2v) is 10.3. The van der Waals surface area contributed by atoms with Crippen molar-refractivity contribution >= 4 is 5.91 Å². The van der Waals surface area contributed by atoms with Crippen LogP contribution in [-0.2, 0) is 23.2 Å². The van der Waals surface area contributed by atoms with Gasteiger partial charge in [0, 0.05) is 25.1 Å². The summed E-state index contributed by atoms with van der Waals surface area (Å²) in [5, 5.41) is 17.5. The number of aryl methyl sites for hydroxylation is 1. The second-order valence-electron chi connectivity index (χ2n) is 10.3. The van der Waals surface area contributed by atoms with Gasteiger partial charge in [0.2, 0.25) is 5.91 Å². The average molecular weight is 487 g/mol. The van der Waals surface area contributed by atoms with Crippen LogP contribution in [0.2, 0.25) is 0 Å². The van der Waals surface area contributed by atoms with Gasteiger partial charge < -0.3 is 15.7 Å². The van der Waals surface area contributed by atoms with Crippen LogP contribution in [-0.4, -0.2) is 29.7 Å². The van der Waals surface area contributed by atoms with Crippen molar-refractivity contribution < 1.29 is 18.7 Å². The Morgan fingerprint density at radius 3 is 2.43 bits per heavy atom. The fourth-order valence-corrected chi connectivity index (χ4v) is 5.20. The van der Waals surface area contributed by atoms with Crippen molar-refractivity contribution in [2.45, 2.75) is 89.8 Å². The maximum Gasteiger partial charge on any atom is 0.217 e. The minimum atomic E-state index is -0.926. The molecule has 1 saturated carbocycles. The number of hydrogen-bond acceptors (Lipinski definition) is 3. The molecular formula is C29H40F2N2O2. The molecule has 3 rings (SSSR count). The minimum Gasteiger partial charge on any atom is -0.390 e. The highest BCUT2D eigenvalue weighted by Gasteiger charge is 2.36. The first-order valence-corrected chi connectivity index (χ1v) is 13.0. The Morgan fingerprint density at radius 2 is 1.80 bits per heavy atom. The van der Waals surface area contributed by atoms with Gasteiger partial charge in [-0.2, -0.15) is 0 Å². The van der Waals surface area contributed by atoms with Crippen molar-refractivity contribution in [2.24, 2.45) is 5.92 Å². The SMILES string of the molecule is CCCCc1cccc(C2(NCC(O)C(Cc3cc(F)cc(F)c3)NC(C)=O)CCC(C)CC2)c1. The zero-order valence-electron chi connectivity index (χ0n) is 21.2. The predicted molar refractivity (Wildman–Crippen MR) is 136 cm³/mol. The number of halogens is 2. The summed E-state index contributed by atoms with van der Waals surface area (Å²) in [6, 6.07) is 11.4. The number of hydrogen-bond donors (Lipinski definition) is 3. The van der Waals surface area contributed by atoms with E-state index < -0.39 is 23.8 Å². The monoisotopic (exact) mass is 486 g/mol. The van der Waals surface area contributed by atoms with Crippen molar-refractivity contribution in [3.05, 3.63) is 70.8 Å². The standard InChI is InChI=1S/C29H40F2N2O2/c1-4-5-7-22-8-6-9-24(14-22)29(12-10-20(2)11-13-29)32-19-28(35)27(33-21(3)34)17-23-15-25(30)18-26(31)16-23/h6,8-9,14-16,18,20,27-28,32,35H,4-5,7,10-13,17,19H2,1-3H3,(H,33,34). The Bertz CT molecular complexity index is 953. The topological polar surface area (TPSA) is 61.4 Å². The van der Waals surface area contributed by atoms with Crippen LogP contribution in [0, 0.1) is 17.6 Å². The number of carbonyl (C=O) groups is 1. The molecule has 1 amide bonds. The summed E-state index contributed by atoms with van der Waals surface area (Å²) in [7, 11) is 0. The van der Waals surface area contributed by atoms with Crippen molar-refractivity contribution in [3.8, 4) is 0 Å². The van der Waals surface area contributed by atoms with Crippen LogP contribution in [0.4, 0.5) is 8.78 Å². The van der Waals surface area contributed by atoms with Crippen molar-refractivity contribution in [2.75, 3.05) is 6.54 Å². The van der Waals surface area contributed by atoms with Crippen molar-refractivity contribution in [3.63, 3.8) is 0 Å². The molecule has 2 aromatic rings. The average Bonchev–Trinajstić information content (AvgIpc) is 2.81. The fourth-order valence-electron chi connectivity index (χ4n) is 5.20. The second kappa shape index (κ2) is 12.6. The number of amides is 1. The van der Waals surface area contributed by atoms with Gasteiger partial charge in [-0.05, 0) is 79.7 Å². The Labute approximate surface area is 208 Å². The van der Waals surface area contributed by atoms with E-state index in [9.17, 15) is 18.7 Å². The molecule has 0 bridgehead atoms. The first-order valence-electron chi connectivity index (χ1n) is 13.0. The van der Waals surface area contributed by atoms with Gasteiger partial charge in [-0.15, -0.1) is 0 Å². The lowest BCUT2D eigenvalue weighted by Crippen LogP contribution is -2.53. The summed E-state index contributed by atoms with van der Waals surface area (Å²) in [6.45, 7) is 6.11. The van der Waals surface area contributed by atoms with Crippen molar-refractivity contribution in [1.82, 2.24) is 10.6 Å². The van der Waals surface area contributed by atoms with Gasteiger partial charge in [-0.3, -0.25) is 4.79 Å². The maximum atomic E-state index is 13.7. The van der Waals surface area contributed by atoms with E-state index in [2.05, 4.69) is 48.7 Å². The van der Waals surface area contributed by atoms with Gasteiger partial charge in [0.15, 0.2) is 0 Å². The lowest BCUT2D eigenvalue weighted by Gasteiger charge is -2.42. The molecule has 0 aliphatic heterocycles. The summed E-state index contributed by atoms with van der Waals surface area (Å²) in [6.07, 6.45) is 6.69. The van der Waals surface area contributed by atoms with Crippen LogP contribution >= 0.6 is 0 Å². The van der Waals surface area contributed by atoms with E-state index in [1.165, 1.54) is 30.2 Å². The van der Waals surface area contributed by atoms with Crippen LogP contribution in [0.15, 0.2) is 42.5 Å². The van der Waals surface area contributed by atoms with E-state index >= 15 is 0 Å². The molecule has 2 unspecified atom stereocenters. The molecule has 4 nitrogen and oxygen atoms in total. The normalized spacial score (nSPS) is 21.9. The first-order chi connectivity index (χ1) is 16.7. The van der Waals surface area contributed by atoms with Gasteiger partial charge in [0.05, 0.1) is 12.1 Å². The molecule has 1 fully saturated rings. The van der Waals surface area contributed by atoms with Gasteiger partial charge in [-0.25, -0.2) is 8.78 Å². The van der Waals surface area contributed by atoms with Gasteiger partial charge in [0.1, 0.15) is 11.6 Å². The summed E-state index contributed by atoms with van der Waals surface area (Å²) in [5.74, 6) is -0.983. The molecule has 0 radical (unpaired) electrons. The Kier molecular flexibility index (Phi) is 9.81. The van der Waals surface area contributed by atoms with Gasteiger partial charge in [0.25, 0.3) is 0 Å². The highest BCUT2D eigenvalue weighted by atomic mass is 19.1. The summed E-state index contributed by atoms with van der Waals surface area (Å²) in [5.41, 5.74) is 2.72. The third-order valence-electron chi connectivity index (χ3n) is 7.31. The summed E-state index contributed by atoms with van der Waals surface area (Å²) in [4.78, 5) is 11.8. The van der Waals surface area contributed by atoms with E-state index in [0.717, 1.165) is 51.0 Å². The quantitative estimate of drug-likeness (QED) is 0.398. The van der Waals surface area contributed by atoms with Crippen molar-refractivity contribution in [1.29, 1.82) is 0 Å². The zero-order chi connectivity index (χ0) is 25.4. The highest BCUT2D eigenvalue weighted by molar-refractivity contribution is 5.73. The van der Waals surface area contributed by atoms with Gasteiger partial charge >= 0.3 is 0 Å². The summed E-state index contributed by atoms with van der Waals surface area (Å²) >= 11 is 0. The van der Waals surface area contributed by atoms with E-state index in [1.54, 1.807) is 0 Å². The maximum absolute atomic E-state index is 13.7. The molecule has 1 aliphatic carbocycles. The number of rotatable bonds is 11. The molecular weight excluding hydrogens is 446 g/mol. The minimum absolute atomic E-state index is 0.133. The Balaban J connectivity index is 1.78. The molecule has 0 spiro atoms. The summed E-state index contributed by atoms with van der Waals surface area (Å²) < 4.78 is 27.4. The molecule has 0 heterocycles. The van der Waals surface area contributed by atoms with Crippen LogP contribution in [0.5, 0.6) is 0 Å². The smallest absolute Gasteiger partial charge is 0.217 e. The molecule has 2 atom stereocenters. The van der Waals surface area contributed by atoms with E-state index in [4.69, 9.17) is 0 Å². The number of benzene rings is 2. The van der Waals surface area contributed by atoms with E-state index in [1.807, 2.05) is 0 Å². The third kappa shape index (κ3) is 7.84. The fraction of sp³-hybridized carbons (Fsp3) is 0.552. The van der Waals surface area contributed by atoms with E-state index in [0.29, 0.717) is 11.5 Å². The lowest BCUT2D eigenvalue weighted by molar-refractivity contribution is -0.120. The third-order valence-corrected chi connectivity index (χ3v) is 7.31. The molecule has 2 aromatic carbocycles. The van der Waals surface area contributed by atoms with Crippen LogP contribution in [0.1, 0.15) is 76.0 Å². The highest BCUT2D eigenvalue weighted by Crippen LogP contribution is 2.40. The molecule has 35 heavy (non-hydrogen) atoms. The lowest BCUT2D eigenvalue weighted by atomic mass is 9.72. The Morgan fingerprint density at radius 1 is 1.11 bits per heavy atom. The predicted octanol–water partition coefficient (Wildman–Crippen LogP) is 5.41. The molecule has 6 heteroatoms. The van der Waals surface area contributed by atoms with Gasteiger partial charge in [-0.1, -0.05) is 44.5 Å². The number of unbranched alkanes of at least 4 members (excludes halogenated alkanes) is 1. The first kappa shape index (κ1) is 27.3. The molecule has 192 valence electrons. The molecule has 3 N–H and O–H groups in total. The number of aliphatic hydroxyl groups excluding tert-OH is 1. The number of aliphatic hydroxyl groups is 1. The van der Waals surface area contributed by atoms with Crippen LogP contribution < -0.4 is 10.6 Å². The zero-order valence-corrected chi connectivity index (χ0v) is 21.2. The largest absolute Gasteiger partial charge is 0.390 e. The Hall–Kier alpha value is -2.31.